The van der Waals surface area contributed by atoms with Crippen molar-refractivity contribution < 1.29 is 4.39 Å². The van der Waals surface area contributed by atoms with Crippen LogP contribution >= 0.6 is 0 Å². The summed E-state index contributed by atoms with van der Waals surface area (Å²) in [5.74, 6) is 0. The molecule has 1 aromatic heterocycles. The molecule has 80 valence electrons. The number of alkyl halides is 1. The molecule has 0 bridgehead atoms. The van der Waals surface area contributed by atoms with E-state index in [4.69, 9.17) is 0 Å². The smallest absolute Gasteiger partial charge is 0.0912 e. The number of hydrogen-bond donors (Lipinski definition) is 1. The molecular weight excluding hydrogens is 181 g/mol. The van der Waals surface area contributed by atoms with Crippen molar-refractivity contribution in [3.05, 3.63) is 18.0 Å². The molecule has 14 heavy (non-hydrogen) atoms. The molecule has 0 atom stereocenters. The van der Waals surface area contributed by atoms with Crippen LogP contribution in [0.25, 0.3) is 0 Å². The lowest BCUT2D eigenvalue weighted by molar-refractivity contribution is 0.434. The number of aromatic nitrogens is 2. The number of aryl methyl sites for hydroxylation is 1. The van der Waals surface area contributed by atoms with Crippen LogP contribution in [-0.4, -0.2) is 22.5 Å². The Hall–Kier alpha value is -0.900. The number of halogens is 1. The van der Waals surface area contributed by atoms with Crippen molar-refractivity contribution in [3.8, 4) is 0 Å². The Morgan fingerprint density at radius 1 is 1.57 bits per heavy atom. The second kappa shape index (κ2) is 5.75. The van der Waals surface area contributed by atoms with Crippen LogP contribution in [0, 0.1) is 0 Å². The largest absolute Gasteiger partial charge is 0.310 e. The molecule has 3 nitrogen and oxygen atoms in total. The van der Waals surface area contributed by atoms with E-state index in [0.717, 1.165) is 12.1 Å². The molecule has 0 aliphatic carbocycles. The van der Waals surface area contributed by atoms with Gasteiger partial charge in [0, 0.05) is 30.9 Å². The van der Waals surface area contributed by atoms with Gasteiger partial charge in [0.15, 0.2) is 0 Å². The van der Waals surface area contributed by atoms with Crippen LogP contribution in [0.15, 0.2) is 12.4 Å². The predicted octanol–water partition coefficient (Wildman–Crippen LogP) is 1.74. The van der Waals surface area contributed by atoms with Crippen molar-refractivity contribution in [1.29, 1.82) is 0 Å². The maximum atomic E-state index is 11.9. The Labute approximate surface area is 84.3 Å². The molecule has 0 unspecified atom stereocenters. The molecule has 0 radical (unpaired) electrons. The third-order valence-corrected chi connectivity index (χ3v) is 1.92. The maximum absolute atomic E-state index is 11.9. The van der Waals surface area contributed by atoms with Crippen LogP contribution in [0.5, 0.6) is 0 Å². The van der Waals surface area contributed by atoms with Gasteiger partial charge in [0.25, 0.3) is 0 Å². The quantitative estimate of drug-likeness (QED) is 0.756. The Morgan fingerprint density at radius 2 is 2.36 bits per heavy atom. The lowest BCUT2D eigenvalue weighted by atomic mass is 10.3. The average Bonchev–Trinajstić information content (AvgIpc) is 2.59. The first-order chi connectivity index (χ1) is 6.72. The first kappa shape index (κ1) is 11.2. The van der Waals surface area contributed by atoms with E-state index in [2.05, 4.69) is 24.3 Å². The fourth-order valence-electron chi connectivity index (χ4n) is 1.16. The summed E-state index contributed by atoms with van der Waals surface area (Å²) in [4.78, 5) is 0. The second-order valence-corrected chi connectivity index (χ2v) is 3.69. The monoisotopic (exact) mass is 199 g/mol. The van der Waals surface area contributed by atoms with Crippen LogP contribution in [0.1, 0.15) is 25.8 Å². The van der Waals surface area contributed by atoms with Gasteiger partial charge in [-0.2, -0.15) is 5.10 Å². The van der Waals surface area contributed by atoms with Crippen LogP contribution in [-0.2, 0) is 13.1 Å². The highest BCUT2D eigenvalue weighted by Crippen LogP contribution is 1.99. The summed E-state index contributed by atoms with van der Waals surface area (Å²) in [7, 11) is 0. The highest BCUT2D eigenvalue weighted by Gasteiger charge is 1.99. The van der Waals surface area contributed by atoms with Crippen molar-refractivity contribution in [2.24, 2.45) is 0 Å². The maximum Gasteiger partial charge on any atom is 0.0912 e. The van der Waals surface area contributed by atoms with Gasteiger partial charge in [0.05, 0.1) is 12.9 Å². The van der Waals surface area contributed by atoms with Crippen LogP contribution in [0.4, 0.5) is 4.39 Å². The van der Waals surface area contributed by atoms with Gasteiger partial charge in [0.2, 0.25) is 0 Å². The van der Waals surface area contributed by atoms with E-state index in [1.54, 1.807) is 4.68 Å². The summed E-state index contributed by atoms with van der Waals surface area (Å²) < 4.78 is 13.7. The summed E-state index contributed by atoms with van der Waals surface area (Å²) >= 11 is 0. The molecule has 1 aromatic rings. The minimum absolute atomic E-state index is 0.278. The van der Waals surface area contributed by atoms with E-state index in [9.17, 15) is 4.39 Å². The SMILES string of the molecule is CC(C)NCc1cnn(CCCF)c1. The first-order valence-electron chi connectivity index (χ1n) is 5.03. The van der Waals surface area contributed by atoms with E-state index in [0.29, 0.717) is 19.0 Å². The third kappa shape index (κ3) is 3.87. The Morgan fingerprint density at radius 3 is 3.00 bits per heavy atom. The summed E-state index contributed by atoms with van der Waals surface area (Å²) in [6, 6.07) is 0.476. The minimum atomic E-state index is -0.278. The molecule has 1 rings (SSSR count). The van der Waals surface area contributed by atoms with E-state index in [-0.39, 0.29) is 6.67 Å². The number of hydrogen-bond acceptors (Lipinski definition) is 2. The van der Waals surface area contributed by atoms with Crippen molar-refractivity contribution in [2.45, 2.75) is 39.4 Å². The highest BCUT2D eigenvalue weighted by molar-refractivity contribution is 5.03. The predicted molar refractivity (Wildman–Crippen MR) is 54.8 cm³/mol. The molecule has 4 heteroatoms. The van der Waals surface area contributed by atoms with Gasteiger partial charge in [-0.15, -0.1) is 0 Å². The summed E-state index contributed by atoms with van der Waals surface area (Å²) in [6.45, 7) is 5.42. The number of nitrogens with one attached hydrogen (secondary N) is 1. The lowest BCUT2D eigenvalue weighted by Gasteiger charge is -2.05. The molecule has 0 saturated heterocycles. The molecular formula is C10H18FN3. The van der Waals surface area contributed by atoms with E-state index in [1.165, 1.54) is 0 Å². The standard InChI is InChI=1S/C10H18FN3/c1-9(2)12-6-10-7-13-14(8-10)5-3-4-11/h7-9,12H,3-6H2,1-2H3. The van der Waals surface area contributed by atoms with Gasteiger partial charge in [-0.25, -0.2) is 0 Å². The molecule has 0 amide bonds. The molecule has 0 aromatic carbocycles. The Bertz CT molecular complexity index is 258. The first-order valence-corrected chi connectivity index (χ1v) is 5.03. The summed E-state index contributed by atoms with van der Waals surface area (Å²) in [5.41, 5.74) is 1.15. The zero-order valence-corrected chi connectivity index (χ0v) is 8.83. The molecule has 0 saturated carbocycles. The Kier molecular flexibility index (Phi) is 4.59. The normalized spacial score (nSPS) is 11.1. The number of nitrogens with zero attached hydrogens (tertiary/aromatic N) is 2. The van der Waals surface area contributed by atoms with Gasteiger partial charge in [-0.3, -0.25) is 9.07 Å². The van der Waals surface area contributed by atoms with Gasteiger partial charge in [-0.05, 0) is 6.42 Å². The lowest BCUT2D eigenvalue weighted by Crippen LogP contribution is -2.21. The van der Waals surface area contributed by atoms with Crippen LogP contribution in [0.3, 0.4) is 0 Å². The minimum Gasteiger partial charge on any atom is -0.310 e. The fraction of sp³-hybridized carbons (Fsp3) is 0.700. The zero-order valence-electron chi connectivity index (χ0n) is 8.83. The molecule has 0 aliphatic rings. The summed E-state index contributed by atoms with van der Waals surface area (Å²) in [6.07, 6.45) is 4.33. The highest BCUT2D eigenvalue weighted by atomic mass is 19.1. The molecule has 0 spiro atoms. The van der Waals surface area contributed by atoms with Crippen molar-refractivity contribution in [3.63, 3.8) is 0 Å². The molecule has 1 N–H and O–H groups in total. The van der Waals surface area contributed by atoms with Crippen molar-refractivity contribution >= 4 is 0 Å². The van der Waals surface area contributed by atoms with Gasteiger partial charge in [-0.1, -0.05) is 13.8 Å². The molecule has 0 aliphatic heterocycles. The summed E-state index contributed by atoms with van der Waals surface area (Å²) in [5, 5.41) is 7.45. The van der Waals surface area contributed by atoms with Crippen LogP contribution in [0.2, 0.25) is 0 Å². The Balaban J connectivity index is 2.35. The van der Waals surface area contributed by atoms with Crippen LogP contribution < -0.4 is 5.32 Å². The second-order valence-electron chi connectivity index (χ2n) is 3.69. The average molecular weight is 199 g/mol. The van der Waals surface area contributed by atoms with E-state index < -0.39 is 0 Å². The zero-order chi connectivity index (χ0) is 10.4. The fourth-order valence-corrected chi connectivity index (χ4v) is 1.16. The number of rotatable bonds is 6. The molecule has 0 fully saturated rings. The van der Waals surface area contributed by atoms with Crippen molar-refractivity contribution in [2.75, 3.05) is 6.67 Å². The van der Waals surface area contributed by atoms with E-state index >= 15 is 0 Å². The van der Waals surface area contributed by atoms with Gasteiger partial charge >= 0.3 is 0 Å². The van der Waals surface area contributed by atoms with Crippen molar-refractivity contribution in [1.82, 2.24) is 15.1 Å². The van der Waals surface area contributed by atoms with Gasteiger partial charge < -0.3 is 5.32 Å². The third-order valence-electron chi connectivity index (χ3n) is 1.92. The topological polar surface area (TPSA) is 29.9 Å². The molecule has 1 heterocycles. The van der Waals surface area contributed by atoms with Gasteiger partial charge in [0.1, 0.15) is 0 Å². The van der Waals surface area contributed by atoms with E-state index in [1.807, 2.05) is 12.4 Å².